The third-order valence-electron chi connectivity index (χ3n) is 1.30. The van der Waals surface area contributed by atoms with E-state index < -0.39 is 0 Å². The van der Waals surface area contributed by atoms with Gasteiger partial charge in [0.1, 0.15) is 5.78 Å². The Morgan fingerprint density at radius 1 is 1.60 bits per heavy atom. The fraction of sp³-hybridized carbons (Fsp3) is 0.625. The van der Waals surface area contributed by atoms with Gasteiger partial charge in [0.15, 0.2) is 0 Å². The first-order valence-corrected chi connectivity index (χ1v) is 3.25. The summed E-state index contributed by atoms with van der Waals surface area (Å²) in [6.45, 7) is 2.55. The minimum Gasteiger partial charge on any atom is -0.378 e. The zero-order chi connectivity index (χ0) is 7.98. The second-order valence-electron chi connectivity index (χ2n) is 2.17. The Morgan fingerprint density at radius 3 is 2.50 bits per heavy atom. The number of hydrogen-bond acceptors (Lipinski definition) is 2. The lowest BCUT2D eigenvalue weighted by atomic mass is 10.1. The van der Waals surface area contributed by atoms with Gasteiger partial charge in [-0.1, -0.05) is 0 Å². The quantitative estimate of drug-likeness (QED) is 0.469. The average Bonchev–Trinajstić information content (AvgIpc) is 1.91. The molecule has 1 atom stereocenters. The van der Waals surface area contributed by atoms with Crippen LogP contribution in [0, 0.1) is 12.8 Å². The Labute approximate surface area is 61.6 Å². The van der Waals surface area contributed by atoms with Crippen LogP contribution in [0.2, 0.25) is 0 Å². The molecule has 1 fully saturated rings. The molecule has 0 aromatic heterocycles. The standard InChI is InChI=1S/C6H10O2.C2H2/c1-5-4-6(7)2-3-8-5;1-2/h5H,2-4H2,1H3;1-2H/t5-;/m1./s1. The molecule has 2 nitrogen and oxygen atoms in total. The highest BCUT2D eigenvalue weighted by molar-refractivity contribution is 5.79. The summed E-state index contributed by atoms with van der Waals surface area (Å²) in [4.78, 5) is 10.6. The molecule has 1 aliphatic heterocycles. The van der Waals surface area contributed by atoms with Crippen molar-refractivity contribution in [3.63, 3.8) is 0 Å². The van der Waals surface area contributed by atoms with Gasteiger partial charge in [-0.05, 0) is 6.92 Å². The Hall–Kier alpha value is -0.810. The Balaban J connectivity index is 0.000000371. The molecule has 0 saturated carbocycles. The van der Waals surface area contributed by atoms with Gasteiger partial charge < -0.3 is 4.74 Å². The minimum absolute atomic E-state index is 0.163. The predicted octanol–water partition coefficient (Wildman–Crippen LogP) is 1.00. The molecule has 0 bridgehead atoms. The number of carbonyl (C=O) groups excluding carboxylic acids is 1. The first kappa shape index (κ1) is 9.19. The highest BCUT2D eigenvalue weighted by Gasteiger charge is 2.14. The minimum atomic E-state index is 0.163. The lowest BCUT2D eigenvalue weighted by molar-refractivity contribution is -0.127. The van der Waals surface area contributed by atoms with Gasteiger partial charge in [-0.25, -0.2) is 0 Å². The molecule has 1 rings (SSSR count). The van der Waals surface area contributed by atoms with Gasteiger partial charge in [-0.2, -0.15) is 0 Å². The van der Waals surface area contributed by atoms with Crippen molar-refractivity contribution in [2.45, 2.75) is 25.9 Å². The molecule has 0 spiro atoms. The van der Waals surface area contributed by atoms with Crippen molar-refractivity contribution in [1.82, 2.24) is 0 Å². The summed E-state index contributed by atoms with van der Waals surface area (Å²) in [7, 11) is 0. The number of Topliss-reactive ketones (excluding diaryl/α,β-unsaturated/α-hetero) is 1. The molecular formula is C8H12O2. The summed E-state index contributed by atoms with van der Waals surface area (Å²) < 4.78 is 5.13. The molecule has 0 amide bonds. The monoisotopic (exact) mass is 140 g/mol. The van der Waals surface area contributed by atoms with Gasteiger partial charge in [0, 0.05) is 12.8 Å². The van der Waals surface area contributed by atoms with Crippen LogP contribution in [-0.2, 0) is 9.53 Å². The SMILES string of the molecule is C#C.C[C@@H]1CC(=O)CCO1. The second-order valence-corrected chi connectivity index (χ2v) is 2.17. The van der Waals surface area contributed by atoms with Crippen LogP contribution in [0.3, 0.4) is 0 Å². The number of carbonyl (C=O) groups is 1. The second kappa shape index (κ2) is 5.01. The Kier molecular flexibility index (Phi) is 4.61. The topological polar surface area (TPSA) is 26.3 Å². The summed E-state index contributed by atoms with van der Waals surface area (Å²) in [6, 6.07) is 0. The van der Waals surface area contributed by atoms with E-state index >= 15 is 0 Å². The zero-order valence-corrected chi connectivity index (χ0v) is 6.17. The summed E-state index contributed by atoms with van der Waals surface area (Å²) in [6.07, 6.45) is 9.39. The molecule has 2 heteroatoms. The maximum Gasteiger partial charge on any atom is 0.137 e. The van der Waals surface area contributed by atoms with E-state index in [0.717, 1.165) is 0 Å². The summed E-state index contributed by atoms with van der Waals surface area (Å²) in [5.74, 6) is 0.337. The third-order valence-corrected chi connectivity index (χ3v) is 1.30. The summed E-state index contributed by atoms with van der Waals surface area (Å²) in [5, 5.41) is 0. The van der Waals surface area contributed by atoms with Gasteiger partial charge in [0.05, 0.1) is 12.7 Å². The number of ether oxygens (including phenoxy) is 1. The van der Waals surface area contributed by atoms with Crippen LogP contribution in [0.25, 0.3) is 0 Å². The highest BCUT2D eigenvalue weighted by atomic mass is 16.5. The van der Waals surface area contributed by atoms with Crippen molar-refractivity contribution in [3.8, 4) is 12.8 Å². The van der Waals surface area contributed by atoms with E-state index in [-0.39, 0.29) is 6.10 Å². The smallest absolute Gasteiger partial charge is 0.137 e. The van der Waals surface area contributed by atoms with Gasteiger partial charge in [0.25, 0.3) is 0 Å². The van der Waals surface area contributed by atoms with Crippen molar-refractivity contribution >= 4 is 5.78 Å². The normalized spacial score (nSPS) is 24.7. The van der Waals surface area contributed by atoms with E-state index in [1.165, 1.54) is 0 Å². The fourth-order valence-electron chi connectivity index (χ4n) is 0.856. The molecule has 56 valence electrons. The maximum absolute atomic E-state index is 10.6. The number of terminal acetylenes is 1. The van der Waals surface area contributed by atoms with E-state index in [0.29, 0.717) is 25.2 Å². The third kappa shape index (κ3) is 3.26. The molecule has 1 heterocycles. The van der Waals surface area contributed by atoms with Crippen molar-refractivity contribution in [1.29, 1.82) is 0 Å². The molecule has 0 aliphatic carbocycles. The van der Waals surface area contributed by atoms with Crippen molar-refractivity contribution < 1.29 is 9.53 Å². The number of ketones is 1. The molecule has 0 unspecified atom stereocenters. The van der Waals surface area contributed by atoms with E-state index in [1.807, 2.05) is 6.92 Å². The predicted molar refractivity (Wildman–Crippen MR) is 39.5 cm³/mol. The first-order valence-electron chi connectivity index (χ1n) is 3.25. The van der Waals surface area contributed by atoms with Crippen LogP contribution in [0.15, 0.2) is 0 Å². The van der Waals surface area contributed by atoms with Crippen LogP contribution >= 0.6 is 0 Å². The molecule has 10 heavy (non-hydrogen) atoms. The highest BCUT2D eigenvalue weighted by Crippen LogP contribution is 2.07. The van der Waals surface area contributed by atoms with Gasteiger partial charge in [0.2, 0.25) is 0 Å². The zero-order valence-electron chi connectivity index (χ0n) is 6.17. The van der Waals surface area contributed by atoms with Gasteiger partial charge in [-0.15, -0.1) is 12.8 Å². The molecule has 0 aromatic rings. The van der Waals surface area contributed by atoms with Crippen molar-refractivity contribution in [3.05, 3.63) is 0 Å². The summed E-state index contributed by atoms with van der Waals surface area (Å²) in [5.41, 5.74) is 0. The van der Waals surface area contributed by atoms with E-state index in [9.17, 15) is 4.79 Å². The fourth-order valence-corrected chi connectivity index (χ4v) is 0.856. The molecule has 1 saturated heterocycles. The van der Waals surface area contributed by atoms with E-state index in [1.54, 1.807) is 0 Å². The molecule has 0 aromatic carbocycles. The molecule has 1 aliphatic rings. The van der Waals surface area contributed by atoms with E-state index in [2.05, 4.69) is 12.8 Å². The average molecular weight is 140 g/mol. The first-order chi connectivity index (χ1) is 4.79. The molecule has 0 N–H and O–H groups in total. The van der Waals surface area contributed by atoms with E-state index in [4.69, 9.17) is 4.74 Å². The lowest BCUT2D eigenvalue weighted by Crippen LogP contribution is -2.22. The Morgan fingerprint density at radius 2 is 2.20 bits per heavy atom. The van der Waals surface area contributed by atoms with Crippen LogP contribution in [0.1, 0.15) is 19.8 Å². The van der Waals surface area contributed by atoms with Crippen molar-refractivity contribution in [2.24, 2.45) is 0 Å². The number of rotatable bonds is 0. The Bertz CT molecular complexity index is 126. The van der Waals surface area contributed by atoms with Crippen LogP contribution in [-0.4, -0.2) is 18.5 Å². The molecule has 0 radical (unpaired) electrons. The molecular weight excluding hydrogens is 128 g/mol. The van der Waals surface area contributed by atoms with Crippen LogP contribution < -0.4 is 0 Å². The lowest BCUT2D eigenvalue weighted by Gasteiger charge is -2.16. The van der Waals surface area contributed by atoms with Gasteiger partial charge in [-0.3, -0.25) is 4.79 Å². The van der Waals surface area contributed by atoms with Crippen molar-refractivity contribution in [2.75, 3.05) is 6.61 Å². The maximum atomic E-state index is 10.6. The van der Waals surface area contributed by atoms with Gasteiger partial charge >= 0.3 is 0 Å². The summed E-state index contributed by atoms with van der Waals surface area (Å²) >= 11 is 0. The van der Waals surface area contributed by atoms with Crippen LogP contribution in [0.4, 0.5) is 0 Å². The number of hydrogen-bond donors (Lipinski definition) is 0. The van der Waals surface area contributed by atoms with Crippen LogP contribution in [0.5, 0.6) is 0 Å². The largest absolute Gasteiger partial charge is 0.378 e.